The smallest absolute Gasteiger partial charge is 0.306 e. The summed E-state index contributed by atoms with van der Waals surface area (Å²) in [7, 11) is 1.70. The third-order valence-electron chi connectivity index (χ3n) is 9.84. The Morgan fingerprint density at radius 1 is 1.12 bits per heavy atom. The van der Waals surface area contributed by atoms with Gasteiger partial charge in [-0.1, -0.05) is 25.5 Å². The van der Waals surface area contributed by atoms with Crippen molar-refractivity contribution < 1.29 is 33.3 Å². The minimum absolute atomic E-state index is 0.00542. The molecule has 2 heterocycles. The maximum atomic E-state index is 13.1. The molecule has 238 valence electrons. The van der Waals surface area contributed by atoms with Crippen LogP contribution in [-0.2, 0) is 33.3 Å². The van der Waals surface area contributed by atoms with Crippen LogP contribution in [0.5, 0.6) is 0 Å². The van der Waals surface area contributed by atoms with E-state index in [0.717, 1.165) is 57.7 Å². The van der Waals surface area contributed by atoms with E-state index in [1.165, 1.54) is 5.57 Å². The summed E-state index contributed by atoms with van der Waals surface area (Å²) in [5.74, 6) is 0.538. The molecule has 1 amide bonds. The first-order valence-electron chi connectivity index (χ1n) is 16.1. The summed E-state index contributed by atoms with van der Waals surface area (Å²) in [5, 5.41) is 6.30. The molecule has 4 unspecified atom stereocenters. The van der Waals surface area contributed by atoms with Gasteiger partial charge in [0.2, 0.25) is 5.91 Å². The molecule has 0 aromatic rings. The zero-order chi connectivity index (χ0) is 30.5. The Balaban J connectivity index is 1.20. The van der Waals surface area contributed by atoms with Gasteiger partial charge >= 0.3 is 5.97 Å². The molecule has 4 rings (SSSR count). The van der Waals surface area contributed by atoms with Gasteiger partial charge in [-0.2, -0.15) is 0 Å². The topological polar surface area (TPSA) is 119 Å². The van der Waals surface area contributed by atoms with E-state index in [1.807, 2.05) is 0 Å². The zero-order valence-corrected chi connectivity index (χ0v) is 26.6. The minimum atomic E-state index is -0.350. The van der Waals surface area contributed by atoms with E-state index < -0.39 is 0 Å². The molecule has 7 atom stereocenters. The van der Waals surface area contributed by atoms with E-state index in [1.54, 1.807) is 7.11 Å². The van der Waals surface area contributed by atoms with Crippen molar-refractivity contribution in [3.63, 3.8) is 0 Å². The number of amides is 1. The van der Waals surface area contributed by atoms with Gasteiger partial charge in [0.25, 0.3) is 0 Å². The van der Waals surface area contributed by atoms with Gasteiger partial charge in [-0.15, -0.1) is 0 Å². The van der Waals surface area contributed by atoms with E-state index >= 15 is 0 Å². The highest BCUT2D eigenvalue weighted by molar-refractivity contribution is 5.76. The van der Waals surface area contributed by atoms with Crippen molar-refractivity contribution in [3.05, 3.63) is 11.6 Å². The van der Waals surface area contributed by atoms with Crippen LogP contribution in [0.3, 0.4) is 0 Å². The fourth-order valence-electron chi connectivity index (χ4n) is 7.40. The third-order valence-corrected chi connectivity index (χ3v) is 9.84. The number of ether oxygens (including phenoxy) is 4. The lowest BCUT2D eigenvalue weighted by Crippen LogP contribution is -2.55. The standard InChI is InChI=1S/C33H54N2O7/c1-21(2)7-12-27-32(5,42-27)31-30(39-6)26(13-15-33(31)20-40-33)41-29(38)18-23-8-10-24(11-9-23)35-28(37)14-16-34-25(19-36)17-22(3)4/h7,19,22-27,30-31,34H,8-18,20H2,1-6H3,(H,35,37)/t23?,24?,25-,26?,27+,30?,31?,32?,33-/m0/s1. The first-order valence-corrected chi connectivity index (χ1v) is 16.1. The molecule has 0 radical (unpaired) electrons. The normalized spacial score (nSPS) is 36.3. The van der Waals surface area contributed by atoms with Gasteiger partial charge in [-0.25, -0.2) is 0 Å². The van der Waals surface area contributed by atoms with E-state index in [2.05, 4.69) is 51.3 Å². The Hall–Kier alpha value is -1.81. The van der Waals surface area contributed by atoms with Crippen molar-refractivity contribution >= 4 is 18.2 Å². The molecule has 2 saturated heterocycles. The Kier molecular flexibility index (Phi) is 11.3. The largest absolute Gasteiger partial charge is 0.460 e. The van der Waals surface area contributed by atoms with E-state index in [4.69, 9.17) is 18.9 Å². The number of allylic oxidation sites excluding steroid dienone is 1. The number of esters is 1. The summed E-state index contributed by atoms with van der Waals surface area (Å²) in [5.41, 5.74) is 0.692. The number of carbonyl (C=O) groups is 3. The number of nitrogens with one attached hydrogen (secondary N) is 2. The summed E-state index contributed by atoms with van der Waals surface area (Å²) in [6, 6.07) is -0.0722. The van der Waals surface area contributed by atoms with Gasteiger partial charge in [-0.05, 0) is 84.0 Å². The molecule has 2 saturated carbocycles. The first kappa shape index (κ1) is 33.1. The molecular formula is C33H54N2O7. The lowest BCUT2D eigenvalue weighted by Gasteiger charge is -2.42. The van der Waals surface area contributed by atoms with Crippen LogP contribution >= 0.6 is 0 Å². The van der Waals surface area contributed by atoms with Crippen LogP contribution in [-0.4, -0.2) is 80.0 Å². The number of rotatable bonds is 15. The Bertz CT molecular complexity index is 967. The highest BCUT2D eigenvalue weighted by atomic mass is 16.6. The van der Waals surface area contributed by atoms with Gasteiger partial charge in [0, 0.05) is 32.5 Å². The molecule has 0 aromatic heterocycles. The SMILES string of the molecule is COC1C(OC(=O)CC2CCC(NC(=O)CCN[C@H](C=O)CC(C)C)CC2)CC[C@]2(CO2)C1C1(C)O[C@@H]1CC=C(C)C. The number of epoxide rings is 2. The maximum Gasteiger partial charge on any atom is 0.306 e. The Morgan fingerprint density at radius 3 is 2.43 bits per heavy atom. The van der Waals surface area contributed by atoms with Gasteiger partial charge < -0.3 is 34.4 Å². The number of hydrogen-bond acceptors (Lipinski definition) is 8. The fourth-order valence-corrected chi connectivity index (χ4v) is 7.40. The van der Waals surface area contributed by atoms with Crippen LogP contribution in [0.15, 0.2) is 11.6 Å². The Morgan fingerprint density at radius 2 is 1.83 bits per heavy atom. The van der Waals surface area contributed by atoms with Gasteiger partial charge in [0.15, 0.2) is 0 Å². The summed E-state index contributed by atoms with van der Waals surface area (Å²) in [4.78, 5) is 36.7. The predicted molar refractivity (Wildman–Crippen MR) is 160 cm³/mol. The quantitative estimate of drug-likeness (QED) is 0.126. The van der Waals surface area contributed by atoms with E-state index in [-0.39, 0.29) is 65.3 Å². The Labute approximate surface area is 252 Å². The van der Waals surface area contributed by atoms with Crippen LogP contribution in [0.25, 0.3) is 0 Å². The van der Waals surface area contributed by atoms with Gasteiger partial charge in [-0.3, -0.25) is 9.59 Å². The van der Waals surface area contributed by atoms with E-state index in [0.29, 0.717) is 31.9 Å². The molecule has 2 N–H and O–H groups in total. The summed E-state index contributed by atoms with van der Waals surface area (Å²) in [6.45, 7) is 11.7. The van der Waals surface area contributed by atoms with Gasteiger partial charge in [0.05, 0.1) is 24.7 Å². The van der Waals surface area contributed by atoms with Gasteiger partial charge in [0.1, 0.15) is 29.7 Å². The average molecular weight is 591 g/mol. The summed E-state index contributed by atoms with van der Waals surface area (Å²) >= 11 is 0. The zero-order valence-electron chi connectivity index (χ0n) is 26.6. The second-order valence-electron chi connectivity index (χ2n) is 14.0. The van der Waals surface area contributed by atoms with E-state index in [9.17, 15) is 14.4 Å². The number of aldehydes is 1. The van der Waals surface area contributed by atoms with Crippen LogP contribution in [0.1, 0.15) is 98.8 Å². The average Bonchev–Trinajstić information content (AvgIpc) is 3.85. The van der Waals surface area contributed by atoms with Crippen LogP contribution in [0, 0.1) is 17.8 Å². The molecule has 9 nitrogen and oxygen atoms in total. The molecule has 2 aliphatic heterocycles. The van der Waals surface area contributed by atoms with Crippen molar-refractivity contribution in [1.29, 1.82) is 0 Å². The highest BCUT2D eigenvalue weighted by Crippen LogP contribution is 2.59. The number of methoxy groups -OCH3 is 1. The highest BCUT2D eigenvalue weighted by Gasteiger charge is 2.72. The molecule has 0 aromatic carbocycles. The first-order chi connectivity index (χ1) is 20.0. The second-order valence-corrected chi connectivity index (χ2v) is 14.0. The van der Waals surface area contributed by atoms with Crippen molar-refractivity contribution in [2.75, 3.05) is 20.3 Å². The second kappa shape index (κ2) is 14.3. The molecule has 42 heavy (non-hydrogen) atoms. The van der Waals surface area contributed by atoms with Crippen molar-refractivity contribution in [2.24, 2.45) is 17.8 Å². The van der Waals surface area contributed by atoms with Crippen molar-refractivity contribution in [2.45, 2.75) is 140 Å². The number of hydrogen-bond donors (Lipinski definition) is 2. The lowest BCUT2D eigenvalue weighted by molar-refractivity contribution is -0.173. The predicted octanol–water partition coefficient (Wildman–Crippen LogP) is 4.26. The van der Waals surface area contributed by atoms with Crippen molar-refractivity contribution in [3.8, 4) is 0 Å². The fraction of sp³-hybridized carbons (Fsp3) is 0.848. The number of carbonyl (C=O) groups excluding carboxylic acids is 3. The molecule has 4 fully saturated rings. The molecular weight excluding hydrogens is 536 g/mol. The third kappa shape index (κ3) is 8.42. The van der Waals surface area contributed by atoms with Crippen molar-refractivity contribution in [1.82, 2.24) is 10.6 Å². The van der Waals surface area contributed by atoms with Crippen LogP contribution < -0.4 is 10.6 Å². The van der Waals surface area contributed by atoms with Crippen LogP contribution in [0.4, 0.5) is 0 Å². The molecule has 0 bridgehead atoms. The molecule has 1 spiro atoms. The van der Waals surface area contributed by atoms with Crippen LogP contribution in [0.2, 0.25) is 0 Å². The summed E-state index contributed by atoms with van der Waals surface area (Å²) in [6.07, 6.45) is 10.1. The maximum absolute atomic E-state index is 13.1. The monoisotopic (exact) mass is 590 g/mol. The molecule has 4 aliphatic rings. The summed E-state index contributed by atoms with van der Waals surface area (Å²) < 4.78 is 24.4. The molecule has 9 heteroatoms. The lowest BCUT2D eigenvalue weighted by atomic mass is 9.68. The minimum Gasteiger partial charge on any atom is -0.460 e. The molecule has 2 aliphatic carbocycles.